The molecule has 7 nitrogen and oxygen atoms in total. The van der Waals surface area contributed by atoms with E-state index in [0.29, 0.717) is 12.0 Å². The summed E-state index contributed by atoms with van der Waals surface area (Å²) >= 11 is 0. The van der Waals surface area contributed by atoms with Gasteiger partial charge in [0, 0.05) is 54.2 Å². The molecule has 7 heteroatoms. The molecule has 0 spiro atoms. The number of pyridine rings is 1. The Morgan fingerprint density at radius 3 is 2.85 bits per heavy atom. The lowest BCUT2D eigenvalue weighted by Crippen LogP contribution is -2.37. The van der Waals surface area contributed by atoms with Crippen LogP contribution in [0.4, 0.5) is 5.95 Å². The van der Waals surface area contributed by atoms with Crippen LogP contribution in [0.2, 0.25) is 0 Å². The van der Waals surface area contributed by atoms with Gasteiger partial charge in [-0.1, -0.05) is 6.42 Å². The van der Waals surface area contributed by atoms with E-state index in [-0.39, 0.29) is 0 Å². The lowest BCUT2D eigenvalue weighted by molar-refractivity contribution is 0.263. The topological polar surface area (TPSA) is 74.1 Å². The smallest absolute Gasteiger partial charge is 0.224 e. The van der Waals surface area contributed by atoms with Gasteiger partial charge in [0.15, 0.2) is 0 Å². The third-order valence-corrected chi connectivity index (χ3v) is 5.08. The van der Waals surface area contributed by atoms with Gasteiger partial charge >= 0.3 is 0 Å². The zero-order valence-corrected chi connectivity index (χ0v) is 15.6. The first kappa shape index (κ1) is 17.3. The molecule has 3 aromatic rings. The number of aromatic nitrogens is 4. The van der Waals surface area contributed by atoms with Crippen molar-refractivity contribution >= 4 is 17.0 Å². The third-order valence-electron chi connectivity index (χ3n) is 5.08. The maximum atomic E-state index is 5.26. The predicted molar refractivity (Wildman–Crippen MR) is 107 cm³/mol. The first-order chi connectivity index (χ1) is 13.1. The fraction of sp³-hybridized carbons (Fsp3) is 0.350. The summed E-state index contributed by atoms with van der Waals surface area (Å²) in [6.45, 7) is 2.21. The van der Waals surface area contributed by atoms with Gasteiger partial charge in [0.25, 0.3) is 0 Å². The third kappa shape index (κ3) is 3.57. The molecule has 0 aromatic carbocycles. The van der Waals surface area contributed by atoms with Crippen LogP contribution >= 0.6 is 0 Å². The Bertz CT molecular complexity index is 1060. The van der Waals surface area contributed by atoms with Crippen LogP contribution < -0.4 is 10.8 Å². The Morgan fingerprint density at radius 1 is 1.30 bits per heavy atom. The summed E-state index contributed by atoms with van der Waals surface area (Å²) < 4.78 is 1.91. The van der Waals surface area contributed by atoms with E-state index in [1.54, 1.807) is 0 Å². The van der Waals surface area contributed by atoms with Crippen LogP contribution in [0, 0.1) is 12.5 Å². The van der Waals surface area contributed by atoms with Crippen molar-refractivity contribution in [3.8, 4) is 23.6 Å². The summed E-state index contributed by atoms with van der Waals surface area (Å²) in [7, 11) is 4.08. The van der Waals surface area contributed by atoms with E-state index in [1.165, 1.54) is 0 Å². The van der Waals surface area contributed by atoms with E-state index in [1.807, 2.05) is 42.3 Å². The largest absolute Gasteiger partial charge is 0.351 e. The van der Waals surface area contributed by atoms with Crippen LogP contribution in [0.3, 0.4) is 0 Å². The molecule has 4 rings (SSSR count). The van der Waals surface area contributed by atoms with Gasteiger partial charge in [-0.15, -0.1) is 0 Å². The fourth-order valence-corrected chi connectivity index (χ4v) is 3.49. The zero-order chi connectivity index (χ0) is 18.8. The van der Waals surface area contributed by atoms with Gasteiger partial charge in [-0.25, -0.2) is 4.98 Å². The average molecular weight is 361 g/mol. The Kier molecular flexibility index (Phi) is 4.65. The molecular weight excluding hydrogens is 338 g/mol. The molecule has 0 radical (unpaired) electrons. The number of terminal acetylenes is 1. The van der Waals surface area contributed by atoms with Crippen LogP contribution in [0.1, 0.15) is 12.8 Å². The zero-order valence-electron chi connectivity index (χ0n) is 15.6. The minimum atomic E-state index is 0.430. The van der Waals surface area contributed by atoms with E-state index in [2.05, 4.69) is 43.3 Å². The van der Waals surface area contributed by atoms with Gasteiger partial charge in [0.05, 0.1) is 0 Å². The molecule has 27 heavy (non-hydrogen) atoms. The lowest BCUT2D eigenvalue weighted by atomic mass is 10.1. The molecule has 0 amide bonds. The second kappa shape index (κ2) is 7.25. The molecule has 1 aliphatic heterocycles. The molecule has 1 saturated heterocycles. The second-order valence-corrected chi connectivity index (χ2v) is 7.01. The molecule has 4 heterocycles. The highest BCUT2D eigenvalue weighted by atomic mass is 15.2. The number of nitrogens with zero attached hydrogens (tertiary/aromatic N) is 5. The number of nitrogens with one attached hydrogen (secondary N) is 2. The molecular formula is C20H23N7. The highest BCUT2D eigenvalue weighted by molar-refractivity contribution is 5.93. The van der Waals surface area contributed by atoms with Crippen LogP contribution in [0.15, 0.2) is 35.7 Å². The number of aryl methyl sites for hydroxylation is 1. The van der Waals surface area contributed by atoms with E-state index < -0.39 is 0 Å². The van der Waals surface area contributed by atoms with Gasteiger partial charge in [-0.3, -0.25) is 0 Å². The average Bonchev–Trinajstić information content (AvgIpc) is 3.09. The fourth-order valence-electron chi connectivity index (χ4n) is 3.49. The second-order valence-electron chi connectivity index (χ2n) is 7.01. The van der Waals surface area contributed by atoms with Gasteiger partial charge in [0.2, 0.25) is 5.95 Å². The van der Waals surface area contributed by atoms with Crippen molar-refractivity contribution in [2.24, 2.45) is 12.0 Å². The van der Waals surface area contributed by atoms with Gasteiger partial charge < -0.3 is 19.8 Å². The molecule has 2 N–H and O–H groups in total. The summed E-state index contributed by atoms with van der Waals surface area (Å²) in [5.74, 6) is 0.680. The predicted octanol–water partition coefficient (Wildman–Crippen LogP) is 1.96. The molecule has 0 saturated carbocycles. The van der Waals surface area contributed by atoms with E-state index >= 15 is 0 Å². The SMILES string of the molecule is C#CN=c1ccc(-c2c[nH]c3nc(NC4CCN(C)CC4)ncc23)cn1C. The minimum Gasteiger partial charge on any atom is -0.351 e. The van der Waals surface area contributed by atoms with Crippen molar-refractivity contribution in [1.82, 2.24) is 24.4 Å². The van der Waals surface area contributed by atoms with Crippen molar-refractivity contribution in [2.45, 2.75) is 18.9 Å². The summed E-state index contributed by atoms with van der Waals surface area (Å²) in [4.78, 5) is 18.8. The van der Waals surface area contributed by atoms with Crippen LogP contribution in [-0.2, 0) is 7.05 Å². The molecule has 1 aliphatic rings. The normalized spacial score (nSPS) is 16.6. The monoisotopic (exact) mass is 361 g/mol. The van der Waals surface area contributed by atoms with Crippen molar-refractivity contribution < 1.29 is 0 Å². The van der Waals surface area contributed by atoms with Gasteiger partial charge in [-0.05, 0) is 45.1 Å². The van der Waals surface area contributed by atoms with Crippen LogP contribution in [0.5, 0.6) is 0 Å². The number of hydrogen-bond acceptors (Lipinski definition) is 5. The van der Waals surface area contributed by atoms with Crippen LogP contribution in [-0.4, -0.2) is 50.6 Å². The highest BCUT2D eigenvalue weighted by Gasteiger charge is 2.17. The number of H-pyrrole nitrogens is 1. The van der Waals surface area contributed by atoms with E-state index in [9.17, 15) is 0 Å². The Morgan fingerprint density at radius 2 is 2.11 bits per heavy atom. The molecule has 1 fully saturated rings. The number of hydrogen-bond donors (Lipinski definition) is 2. The highest BCUT2D eigenvalue weighted by Crippen LogP contribution is 2.27. The first-order valence-corrected chi connectivity index (χ1v) is 9.09. The number of piperidine rings is 1. The van der Waals surface area contributed by atoms with Crippen molar-refractivity contribution in [3.63, 3.8) is 0 Å². The van der Waals surface area contributed by atoms with Gasteiger partial charge in [-0.2, -0.15) is 9.98 Å². The molecule has 138 valence electrons. The number of rotatable bonds is 3. The molecule has 0 aliphatic carbocycles. The Hall–Kier alpha value is -3.11. The summed E-state index contributed by atoms with van der Waals surface area (Å²) in [6.07, 6.45) is 13.3. The molecule has 3 aromatic heterocycles. The summed E-state index contributed by atoms with van der Waals surface area (Å²) in [5.41, 5.74) is 3.68. The van der Waals surface area contributed by atoms with Crippen molar-refractivity contribution in [1.29, 1.82) is 0 Å². The van der Waals surface area contributed by atoms with Gasteiger partial charge in [0.1, 0.15) is 11.1 Å². The molecule has 0 bridgehead atoms. The van der Waals surface area contributed by atoms with E-state index in [0.717, 1.165) is 53.6 Å². The number of likely N-dealkylation sites (tertiary alicyclic amines) is 1. The van der Waals surface area contributed by atoms with Crippen molar-refractivity contribution in [2.75, 3.05) is 25.5 Å². The maximum absolute atomic E-state index is 5.26. The summed E-state index contributed by atoms with van der Waals surface area (Å²) in [6, 6.07) is 6.66. The Labute approximate surface area is 158 Å². The number of fused-ring (bicyclic) bond motifs is 1. The van der Waals surface area contributed by atoms with Crippen molar-refractivity contribution in [3.05, 3.63) is 36.2 Å². The maximum Gasteiger partial charge on any atom is 0.224 e. The quantitative estimate of drug-likeness (QED) is 0.700. The Balaban J connectivity index is 1.60. The minimum absolute atomic E-state index is 0.430. The lowest BCUT2D eigenvalue weighted by Gasteiger charge is -2.29. The molecule has 0 unspecified atom stereocenters. The number of aromatic amines is 1. The molecule has 0 atom stereocenters. The van der Waals surface area contributed by atoms with E-state index in [4.69, 9.17) is 6.42 Å². The first-order valence-electron chi connectivity index (χ1n) is 9.09. The van der Waals surface area contributed by atoms with Crippen LogP contribution in [0.25, 0.3) is 22.2 Å². The standard InChI is InChI=1S/C20H23N7/c1-4-21-18-6-5-14(13-27(18)3)16-11-22-19-17(16)12-23-20(25-19)24-15-7-9-26(2)10-8-15/h1,5-6,11-13,15H,7-10H2,2-3H3,(H2,22,23,24,25). The summed E-state index contributed by atoms with van der Waals surface area (Å²) in [5, 5.41) is 4.46. The number of anilines is 1.